The van der Waals surface area contributed by atoms with Crippen molar-refractivity contribution >= 4 is 10.3 Å². The Labute approximate surface area is 140 Å². The van der Waals surface area contributed by atoms with Gasteiger partial charge in [0.05, 0.1) is 7.11 Å². The van der Waals surface area contributed by atoms with E-state index >= 15 is 0 Å². The molecule has 0 saturated carbocycles. The second-order valence-corrected chi connectivity index (χ2v) is 5.36. The third kappa shape index (κ3) is 6.89. The Kier molecular flexibility index (Phi) is 8.68. The summed E-state index contributed by atoms with van der Waals surface area (Å²) in [5.74, 6) is 1.08. The molecule has 7 nitrogen and oxygen atoms in total. The van der Waals surface area contributed by atoms with Crippen molar-refractivity contribution in [1.82, 2.24) is 4.31 Å². The maximum Gasteiger partial charge on any atom is 1.00 e. The molecule has 0 aliphatic rings. The van der Waals surface area contributed by atoms with Gasteiger partial charge in [-0.2, -0.15) is 0 Å². The molecule has 1 aromatic rings. The summed E-state index contributed by atoms with van der Waals surface area (Å²) >= 11 is 0. The van der Waals surface area contributed by atoms with Crippen molar-refractivity contribution in [3.63, 3.8) is 0 Å². The molecule has 20 heavy (non-hydrogen) atoms. The number of nitrogens with zero attached hydrogens (tertiary/aromatic N) is 1. The minimum absolute atomic E-state index is 0. The first kappa shape index (κ1) is 19.7. The Morgan fingerprint density at radius 2 is 2.00 bits per heavy atom. The zero-order valence-electron chi connectivity index (χ0n) is 11.6. The second kappa shape index (κ2) is 8.83. The number of methoxy groups -OCH3 is 1. The van der Waals surface area contributed by atoms with Gasteiger partial charge in [0.2, 0.25) is 0 Å². The molecule has 9 heteroatoms. The molecule has 0 spiro atoms. The summed E-state index contributed by atoms with van der Waals surface area (Å²) in [5, 5.41) is 9.57. The SMILES string of the molecule is COc1cccc(OCC(O)CN(C)S(=O)(=O)[O-])c1.[Na+]. The largest absolute Gasteiger partial charge is 1.00 e. The van der Waals surface area contributed by atoms with Gasteiger partial charge in [0, 0.05) is 19.7 Å². The molecule has 0 heterocycles. The number of benzene rings is 1. The number of ether oxygens (including phenoxy) is 2. The van der Waals surface area contributed by atoms with Gasteiger partial charge in [-0.3, -0.25) is 0 Å². The average molecular weight is 313 g/mol. The van der Waals surface area contributed by atoms with Crippen molar-refractivity contribution in [3.05, 3.63) is 24.3 Å². The van der Waals surface area contributed by atoms with Crippen LogP contribution < -0.4 is 39.0 Å². The van der Waals surface area contributed by atoms with Crippen LogP contribution in [0.2, 0.25) is 0 Å². The number of likely N-dealkylation sites (N-methyl/N-ethyl adjacent to an activating group) is 1. The molecule has 1 N–H and O–H groups in total. The van der Waals surface area contributed by atoms with Crippen molar-refractivity contribution in [2.75, 3.05) is 27.3 Å². The van der Waals surface area contributed by atoms with Crippen LogP contribution in [0.15, 0.2) is 24.3 Å². The Morgan fingerprint density at radius 1 is 1.40 bits per heavy atom. The smallest absolute Gasteiger partial charge is 0.735 e. The van der Waals surface area contributed by atoms with Crippen LogP contribution in [0.5, 0.6) is 11.5 Å². The van der Waals surface area contributed by atoms with Crippen LogP contribution >= 0.6 is 0 Å². The Bertz CT molecular complexity index is 509. The van der Waals surface area contributed by atoms with E-state index in [9.17, 15) is 18.1 Å². The molecule has 1 aromatic carbocycles. The number of hydrogen-bond donors (Lipinski definition) is 1. The van der Waals surface area contributed by atoms with E-state index in [2.05, 4.69) is 0 Å². The summed E-state index contributed by atoms with van der Waals surface area (Å²) in [5.41, 5.74) is 0. The molecule has 1 atom stereocenters. The third-order valence-electron chi connectivity index (χ3n) is 2.33. The fourth-order valence-corrected chi connectivity index (χ4v) is 1.68. The van der Waals surface area contributed by atoms with Crippen LogP contribution in [-0.2, 0) is 10.3 Å². The number of aliphatic hydroxyl groups is 1. The molecule has 0 amide bonds. The molecule has 1 rings (SSSR count). The van der Waals surface area contributed by atoms with Crippen LogP contribution in [0.4, 0.5) is 0 Å². The van der Waals surface area contributed by atoms with E-state index < -0.39 is 16.4 Å². The predicted octanol–water partition coefficient (Wildman–Crippen LogP) is -3.17. The molecule has 0 aliphatic carbocycles. The third-order valence-corrected chi connectivity index (χ3v) is 3.25. The zero-order valence-corrected chi connectivity index (χ0v) is 14.5. The average Bonchev–Trinajstić information content (AvgIpc) is 2.35. The van der Waals surface area contributed by atoms with Crippen LogP contribution in [0.3, 0.4) is 0 Å². The molecule has 0 radical (unpaired) electrons. The molecular formula is C11H16NNaO6S. The van der Waals surface area contributed by atoms with Gasteiger partial charge < -0.3 is 19.1 Å². The zero-order chi connectivity index (χ0) is 14.5. The molecule has 108 valence electrons. The van der Waals surface area contributed by atoms with Gasteiger partial charge in [0.1, 0.15) is 24.2 Å². The van der Waals surface area contributed by atoms with Crippen LogP contribution in [0.1, 0.15) is 0 Å². The first-order chi connectivity index (χ1) is 8.82. The quantitative estimate of drug-likeness (QED) is 0.421. The standard InChI is InChI=1S/C11H17NO6S.Na/c1-12(19(14,15)16)7-9(13)8-18-11-5-3-4-10(6-11)17-2;/h3-6,9,13H,7-8H2,1-2H3,(H,14,15,16);/q;+1/p-1. The normalized spacial score (nSPS) is 12.7. The van der Waals surface area contributed by atoms with E-state index in [1.54, 1.807) is 24.3 Å². The van der Waals surface area contributed by atoms with Gasteiger partial charge in [-0.1, -0.05) is 6.07 Å². The molecule has 0 bridgehead atoms. The van der Waals surface area contributed by atoms with E-state index in [-0.39, 0.29) is 42.7 Å². The van der Waals surface area contributed by atoms with Crippen molar-refractivity contribution in [1.29, 1.82) is 0 Å². The molecule has 0 aliphatic heterocycles. The van der Waals surface area contributed by atoms with Crippen LogP contribution in [-0.4, -0.2) is 55.8 Å². The summed E-state index contributed by atoms with van der Waals surface area (Å²) in [7, 11) is -1.93. The number of aliphatic hydroxyl groups excluding tert-OH is 1. The van der Waals surface area contributed by atoms with E-state index in [1.165, 1.54) is 7.11 Å². The summed E-state index contributed by atoms with van der Waals surface area (Å²) in [6.07, 6.45) is -1.10. The predicted molar refractivity (Wildman–Crippen MR) is 66.8 cm³/mol. The fourth-order valence-electron chi connectivity index (χ4n) is 1.32. The maximum atomic E-state index is 10.6. The maximum absolute atomic E-state index is 10.6. The summed E-state index contributed by atoms with van der Waals surface area (Å²) in [6, 6.07) is 6.75. The molecular weight excluding hydrogens is 297 g/mol. The Hall–Kier alpha value is -0.350. The first-order valence-corrected chi connectivity index (χ1v) is 6.81. The van der Waals surface area contributed by atoms with Crippen molar-refractivity contribution in [3.8, 4) is 11.5 Å². The van der Waals surface area contributed by atoms with Gasteiger partial charge in [-0.05, 0) is 12.1 Å². The van der Waals surface area contributed by atoms with Gasteiger partial charge in [-0.15, -0.1) is 0 Å². The second-order valence-electron chi connectivity index (χ2n) is 3.88. The molecule has 0 saturated heterocycles. The fraction of sp³-hybridized carbons (Fsp3) is 0.455. The van der Waals surface area contributed by atoms with Crippen LogP contribution in [0, 0.1) is 0 Å². The molecule has 0 aromatic heterocycles. The Morgan fingerprint density at radius 3 is 2.55 bits per heavy atom. The van der Waals surface area contributed by atoms with E-state index in [0.717, 1.165) is 7.05 Å². The van der Waals surface area contributed by atoms with Gasteiger partial charge in [-0.25, -0.2) is 12.7 Å². The first-order valence-electron chi connectivity index (χ1n) is 5.45. The van der Waals surface area contributed by atoms with Gasteiger partial charge >= 0.3 is 29.6 Å². The minimum Gasteiger partial charge on any atom is -0.735 e. The van der Waals surface area contributed by atoms with Gasteiger partial charge in [0.15, 0.2) is 10.3 Å². The van der Waals surface area contributed by atoms with Crippen LogP contribution in [0.25, 0.3) is 0 Å². The van der Waals surface area contributed by atoms with Crippen molar-refractivity contribution in [2.24, 2.45) is 0 Å². The summed E-state index contributed by atoms with van der Waals surface area (Å²) < 4.78 is 42.7. The molecule has 1 unspecified atom stereocenters. The van der Waals surface area contributed by atoms with E-state index in [1.807, 2.05) is 0 Å². The minimum atomic E-state index is -4.54. The number of hydrogen-bond acceptors (Lipinski definition) is 6. The topological polar surface area (TPSA) is 99.1 Å². The van der Waals surface area contributed by atoms with E-state index in [0.29, 0.717) is 15.8 Å². The van der Waals surface area contributed by atoms with Gasteiger partial charge in [0.25, 0.3) is 0 Å². The van der Waals surface area contributed by atoms with Crippen molar-refractivity contribution in [2.45, 2.75) is 6.10 Å². The van der Waals surface area contributed by atoms with E-state index in [4.69, 9.17) is 9.47 Å². The monoisotopic (exact) mass is 313 g/mol. The molecule has 0 fully saturated rings. The Balaban J connectivity index is 0.00000361. The summed E-state index contributed by atoms with van der Waals surface area (Å²) in [4.78, 5) is 0. The van der Waals surface area contributed by atoms with Crippen molar-refractivity contribution < 1.29 is 57.1 Å². The number of rotatable bonds is 7. The summed E-state index contributed by atoms with van der Waals surface area (Å²) in [6.45, 7) is -0.456.